The molecular weight excluding hydrogens is 767 g/mol. The molecule has 0 saturated heterocycles. The number of carbonyl (C=O) groups is 2. The van der Waals surface area contributed by atoms with Crippen LogP contribution >= 0.6 is 0 Å². The molecule has 0 aliphatic rings. The van der Waals surface area contributed by atoms with E-state index in [1.54, 1.807) is 0 Å². The summed E-state index contributed by atoms with van der Waals surface area (Å²) in [6.07, 6.45) is 61.6. The zero-order valence-corrected chi connectivity index (χ0v) is 41.6. The molecular formula is C56H107NO5. The molecule has 0 saturated carbocycles. The quantitative estimate of drug-likeness (QED) is 0.0321. The molecule has 2 atom stereocenters. The largest absolute Gasteiger partial charge is 0.466 e. The molecule has 1 amide bonds. The van der Waals surface area contributed by atoms with E-state index >= 15 is 0 Å². The van der Waals surface area contributed by atoms with Gasteiger partial charge in [-0.2, -0.15) is 0 Å². The van der Waals surface area contributed by atoms with Crippen molar-refractivity contribution < 1.29 is 24.5 Å². The van der Waals surface area contributed by atoms with Gasteiger partial charge in [0.25, 0.3) is 0 Å². The number of aliphatic hydroxyl groups excluding tert-OH is 2. The molecule has 0 aromatic carbocycles. The summed E-state index contributed by atoms with van der Waals surface area (Å²) in [5, 5.41) is 23.3. The number of hydrogen-bond acceptors (Lipinski definition) is 5. The minimum Gasteiger partial charge on any atom is -0.466 e. The average Bonchev–Trinajstić information content (AvgIpc) is 3.27. The molecule has 0 rings (SSSR count). The van der Waals surface area contributed by atoms with E-state index in [-0.39, 0.29) is 18.5 Å². The fourth-order valence-electron chi connectivity index (χ4n) is 8.51. The van der Waals surface area contributed by atoms with Gasteiger partial charge in [-0.1, -0.05) is 250 Å². The topological polar surface area (TPSA) is 95.9 Å². The highest BCUT2D eigenvalue weighted by Gasteiger charge is 2.20. The number of esters is 1. The second-order valence-electron chi connectivity index (χ2n) is 18.9. The molecule has 0 aromatic rings. The Morgan fingerprint density at radius 3 is 1.19 bits per heavy atom. The van der Waals surface area contributed by atoms with Gasteiger partial charge in [0.1, 0.15) is 0 Å². The van der Waals surface area contributed by atoms with Gasteiger partial charge in [-0.3, -0.25) is 9.59 Å². The maximum absolute atomic E-state index is 12.5. The standard InChI is InChI=1S/C56H107NO5/c1-3-5-7-9-11-13-15-17-18-19-21-25-28-32-36-40-44-48-54(59)53(52-58)57-55(60)49-45-41-37-33-29-26-22-20-23-27-31-35-39-43-47-51-62-56(61)50-46-42-38-34-30-24-16-14-12-10-8-6-4-2/h20,23,27,31,53-54,58-59H,3-19,21-22,24-26,28-30,32-52H2,1-2H3,(H,57,60)/b23-20-,31-27-. The summed E-state index contributed by atoms with van der Waals surface area (Å²) in [7, 11) is 0. The van der Waals surface area contributed by atoms with Crippen LogP contribution in [0.2, 0.25) is 0 Å². The number of carbonyl (C=O) groups excluding carboxylic acids is 2. The zero-order valence-electron chi connectivity index (χ0n) is 41.6. The molecule has 62 heavy (non-hydrogen) atoms. The third-order valence-corrected chi connectivity index (χ3v) is 12.8. The maximum atomic E-state index is 12.5. The summed E-state index contributed by atoms with van der Waals surface area (Å²) in [4.78, 5) is 24.5. The van der Waals surface area contributed by atoms with Gasteiger partial charge in [0, 0.05) is 12.8 Å². The van der Waals surface area contributed by atoms with Crippen molar-refractivity contribution >= 4 is 11.9 Å². The molecule has 0 bridgehead atoms. The number of amides is 1. The number of allylic oxidation sites excluding steroid dienone is 4. The van der Waals surface area contributed by atoms with Crippen LogP contribution in [0.15, 0.2) is 24.3 Å². The SMILES string of the molecule is CCCCCCCCCCCCCCCCCCCC(O)C(CO)NC(=O)CCCCCCCC/C=C\C=C/CCCCCOC(=O)CCCCCCCCCCCCCCC. The molecule has 0 aliphatic carbocycles. The Hall–Kier alpha value is -1.66. The predicted molar refractivity (Wildman–Crippen MR) is 269 cm³/mol. The van der Waals surface area contributed by atoms with Gasteiger partial charge in [0.05, 0.1) is 25.4 Å². The number of hydrogen-bond donors (Lipinski definition) is 3. The van der Waals surface area contributed by atoms with Crippen LogP contribution in [0.25, 0.3) is 0 Å². The fraction of sp³-hybridized carbons (Fsp3) is 0.893. The lowest BCUT2D eigenvalue weighted by Crippen LogP contribution is -2.45. The number of rotatable bonds is 51. The second-order valence-corrected chi connectivity index (χ2v) is 18.9. The minimum absolute atomic E-state index is 0.0199. The molecule has 0 aromatic heterocycles. The second kappa shape index (κ2) is 52.0. The fourth-order valence-corrected chi connectivity index (χ4v) is 8.51. The van der Waals surface area contributed by atoms with Gasteiger partial charge in [-0.05, 0) is 57.8 Å². The van der Waals surface area contributed by atoms with E-state index in [1.807, 2.05) is 0 Å². The Balaban J connectivity index is 3.52. The van der Waals surface area contributed by atoms with E-state index in [1.165, 1.54) is 186 Å². The summed E-state index contributed by atoms with van der Waals surface area (Å²) in [6.45, 7) is 4.91. The van der Waals surface area contributed by atoms with Gasteiger partial charge in [0.2, 0.25) is 5.91 Å². The van der Waals surface area contributed by atoms with Crippen LogP contribution in [0.4, 0.5) is 0 Å². The third-order valence-electron chi connectivity index (χ3n) is 12.8. The van der Waals surface area contributed by atoms with Crippen LogP contribution in [0.1, 0.15) is 296 Å². The molecule has 3 N–H and O–H groups in total. The van der Waals surface area contributed by atoms with Crippen molar-refractivity contribution in [2.24, 2.45) is 0 Å². The van der Waals surface area contributed by atoms with Crippen molar-refractivity contribution in [3.63, 3.8) is 0 Å². The van der Waals surface area contributed by atoms with E-state index in [4.69, 9.17) is 4.74 Å². The molecule has 366 valence electrons. The Morgan fingerprint density at radius 1 is 0.452 bits per heavy atom. The van der Waals surface area contributed by atoms with Crippen LogP contribution < -0.4 is 5.32 Å². The monoisotopic (exact) mass is 874 g/mol. The van der Waals surface area contributed by atoms with Crippen molar-refractivity contribution in [1.29, 1.82) is 0 Å². The highest BCUT2D eigenvalue weighted by molar-refractivity contribution is 5.76. The average molecular weight is 874 g/mol. The van der Waals surface area contributed by atoms with E-state index in [0.717, 1.165) is 77.0 Å². The van der Waals surface area contributed by atoms with Crippen LogP contribution in [0.5, 0.6) is 0 Å². The summed E-state index contributed by atoms with van der Waals surface area (Å²) >= 11 is 0. The normalized spacial score (nSPS) is 12.8. The summed E-state index contributed by atoms with van der Waals surface area (Å²) in [5.41, 5.74) is 0. The Kier molecular flexibility index (Phi) is 50.6. The first kappa shape index (κ1) is 60.3. The van der Waals surface area contributed by atoms with E-state index < -0.39 is 12.1 Å². The van der Waals surface area contributed by atoms with Crippen LogP contribution in [0, 0.1) is 0 Å². The lowest BCUT2D eigenvalue weighted by atomic mass is 10.0. The molecule has 6 nitrogen and oxygen atoms in total. The molecule has 0 aliphatic heterocycles. The predicted octanol–water partition coefficient (Wildman–Crippen LogP) is 16.7. The first-order valence-electron chi connectivity index (χ1n) is 27.6. The van der Waals surface area contributed by atoms with Gasteiger partial charge >= 0.3 is 5.97 Å². The lowest BCUT2D eigenvalue weighted by Gasteiger charge is -2.22. The minimum atomic E-state index is -0.678. The molecule has 0 heterocycles. The van der Waals surface area contributed by atoms with E-state index in [0.29, 0.717) is 25.9 Å². The smallest absolute Gasteiger partial charge is 0.305 e. The van der Waals surface area contributed by atoms with Crippen LogP contribution in [0.3, 0.4) is 0 Å². The Labute approximate surface area is 386 Å². The number of aliphatic hydroxyl groups is 2. The zero-order chi connectivity index (χ0) is 45.1. The van der Waals surface area contributed by atoms with E-state index in [9.17, 15) is 19.8 Å². The summed E-state index contributed by atoms with van der Waals surface area (Å²) in [5.74, 6) is -0.0757. The number of nitrogens with one attached hydrogen (secondary N) is 1. The van der Waals surface area contributed by atoms with Crippen molar-refractivity contribution in [3.8, 4) is 0 Å². The highest BCUT2D eigenvalue weighted by Crippen LogP contribution is 2.17. The van der Waals surface area contributed by atoms with Crippen LogP contribution in [-0.4, -0.2) is 47.4 Å². The maximum Gasteiger partial charge on any atom is 0.305 e. The number of unbranched alkanes of at least 4 members (excludes halogenated alkanes) is 37. The summed E-state index contributed by atoms with van der Waals surface area (Å²) < 4.78 is 5.44. The first-order valence-corrected chi connectivity index (χ1v) is 27.6. The Bertz CT molecular complexity index is 966. The lowest BCUT2D eigenvalue weighted by molar-refractivity contribution is -0.143. The first-order chi connectivity index (χ1) is 30.5. The molecule has 6 heteroatoms. The third kappa shape index (κ3) is 47.8. The van der Waals surface area contributed by atoms with E-state index in [2.05, 4.69) is 43.5 Å². The van der Waals surface area contributed by atoms with Crippen molar-refractivity contribution in [2.75, 3.05) is 13.2 Å². The molecule has 0 fully saturated rings. The van der Waals surface area contributed by atoms with Gasteiger partial charge in [-0.25, -0.2) is 0 Å². The van der Waals surface area contributed by atoms with Gasteiger partial charge < -0.3 is 20.3 Å². The molecule has 2 unspecified atom stereocenters. The van der Waals surface area contributed by atoms with Crippen LogP contribution in [-0.2, 0) is 14.3 Å². The summed E-state index contributed by atoms with van der Waals surface area (Å²) in [6, 6.07) is -0.557. The molecule has 0 radical (unpaired) electrons. The van der Waals surface area contributed by atoms with Gasteiger partial charge in [-0.15, -0.1) is 0 Å². The molecule has 0 spiro atoms. The number of ether oxygens (including phenoxy) is 1. The van der Waals surface area contributed by atoms with Crippen molar-refractivity contribution in [3.05, 3.63) is 24.3 Å². The Morgan fingerprint density at radius 2 is 0.790 bits per heavy atom. The van der Waals surface area contributed by atoms with Crippen molar-refractivity contribution in [2.45, 2.75) is 309 Å². The van der Waals surface area contributed by atoms with Gasteiger partial charge in [0.15, 0.2) is 0 Å². The highest BCUT2D eigenvalue weighted by atomic mass is 16.5. The van der Waals surface area contributed by atoms with Crippen molar-refractivity contribution in [1.82, 2.24) is 5.32 Å².